The van der Waals surface area contributed by atoms with E-state index in [0.717, 1.165) is 29.4 Å². The van der Waals surface area contributed by atoms with E-state index in [0.29, 0.717) is 11.6 Å². The summed E-state index contributed by atoms with van der Waals surface area (Å²) >= 11 is 0. The predicted molar refractivity (Wildman–Crippen MR) is 72.3 cm³/mol. The van der Waals surface area contributed by atoms with Crippen LogP contribution in [0.15, 0.2) is 36.4 Å². The number of hydrogen-bond donors (Lipinski definition) is 1. The Balaban J connectivity index is 2.20. The van der Waals surface area contributed by atoms with Gasteiger partial charge in [-0.25, -0.2) is 4.79 Å². The maximum Gasteiger partial charge on any atom is 0.337 e. The molecule has 2 aromatic rings. The van der Waals surface area contributed by atoms with Gasteiger partial charge in [0, 0.05) is 12.6 Å². The Bertz CT molecular complexity index is 621. The van der Waals surface area contributed by atoms with Crippen LogP contribution in [0.25, 0.3) is 10.8 Å². The van der Waals surface area contributed by atoms with Crippen LogP contribution in [0.1, 0.15) is 23.7 Å². The summed E-state index contributed by atoms with van der Waals surface area (Å²) in [6.07, 6.45) is 1.13. The SMILES string of the molecule is CC1CCN1c1cc2ccccc2cc1C(=O)O. The van der Waals surface area contributed by atoms with Crippen LogP contribution >= 0.6 is 0 Å². The maximum atomic E-state index is 11.4. The molecular weight excluding hydrogens is 226 g/mol. The second kappa shape index (κ2) is 4.02. The number of benzene rings is 2. The van der Waals surface area contributed by atoms with E-state index in [-0.39, 0.29) is 0 Å². The summed E-state index contributed by atoms with van der Waals surface area (Å²) in [4.78, 5) is 13.6. The highest BCUT2D eigenvalue weighted by atomic mass is 16.4. The van der Waals surface area contributed by atoms with Crippen molar-refractivity contribution in [2.24, 2.45) is 0 Å². The molecule has 1 aliphatic heterocycles. The van der Waals surface area contributed by atoms with Gasteiger partial charge in [0.1, 0.15) is 0 Å². The van der Waals surface area contributed by atoms with E-state index in [4.69, 9.17) is 0 Å². The van der Waals surface area contributed by atoms with Gasteiger partial charge < -0.3 is 10.0 Å². The van der Waals surface area contributed by atoms with Crippen molar-refractivity contribution in [2.75, 3.05) is 11.4 Å². The quantitative estimate of drug-likeness (QED) is 0.878. The molecule has 0 amide bonds. The Labute approximate surface area is 106 Å². The van der Waals surface area contributed by atoms with Gasteiger partial charge in [0.2, 0.25) is 0 Å². The molecule has 0 bridgehead atoms. The number of nitrogens with zero attached hydrogens (tertiary/aromatic N) is 1. The second-order valence-electron chi connectivity index (χ2n) is 4.85. The zero-order valence-electron chi connectivity index (χ0n) is 10.3. The minimum absolute atomic E-state index is 0.403. The molecule has 0 spiro atoms. The summed E-state index contributed by atoms with van der Waals surface area (Å²) < 4.78 is 0. The van der Waals surface area contributed by atoms with Gasteiger partial charge in [0.15, 0.2) is 0 Å². The van der Waals surface area contributed by atoms with E-state index in [1.807, 2.05) is 30.3 Å². The Morgan fingerprint density at radius 1 is 1.28 bits per heavy atom. The predicted octanol–water partition coefficient (Wildman–Crippen LogP) is 3.14. The third-order valence-electron chi connectivity index (χ3n) is 3.72. The average molecular weight is 241 g/mol. The lowest BCUT2D eigenvalue weighted by Gasteiger charge is -2.41. The van der Waals surface area contributed by atoms with Gasteiger partial charge in [0.05, 0.1) is 11.3 Å². The second-order valence-corrected chi connectivity index (χ2v) is 4.85. The summed E-state index contributed by atoms with van der Waals surface area (Å²) in [6, 6.07) is 12.1. The van der Waals surface area contributed by atoms with E-state index in [9.17, 15) is 9.90 Å². The lowest BCUT2D eigenvalue weighted by molar-refractivity contribution is 0.0697. The molecule has 3 nitrogen and oxygen atoms in total. The number of anilines is 1. The van der Waals surface area contributed by atoms with Crippen molar-refractivity contribution in [1.82, 2.24) is 0 Å². The fourth-order valence-corrected chi connectivity index (χ4v) is 2.51. The molecule has 92 valence electrons. The van der Waals surface area contributed by atoms with Crippen molar-refractivity contribution >= 4 is 22.4 Å². The highest BCUT2D eigenvalue weighted by Crippen LogP contribution is 2.33. The van der Waals surface area contributed by atoms with Crippen LogP contribution < -0.4 is 4.90 Å². The number of carbonyl (C=O) groups is 1. The topological polar surface area (TPSA) is 40.5 Å². The summed E-state index contributed by atoms with van der Waals surface area (Å²) in [6.45, 7) is 3.07. The molecule has 1 saturated heterocycles. The maximum absolute atomic E-state index is 11.4. The first-order valence-electron chi connectivity index (χ1n) is 6.19. The molecule has 1 N–H and O–H groups in total. The smallest absolute Gasteiger partial charge is 0.337 e. The van der Waals surface area contributed by atoms with Gasteiger partial charge in [-0.2, -0.15) is 0 Å². The van der Waals surface area contributed by atoms with E-state index >= 15 is 0 Å². The molecule has 0 radical (unpaired) electrons. The number of hydrogen-bond acceptors (Lipinski definition) is 2. The lowest BCUT2D eigenvalue weighted by Crippen LogP contribution is -2.46. The van der Waals surface area contributed by atoms with E-state index in [1.54, 1.807) is 6.07 Å². The Morgan fingerprint density at radius 2 is 1.94 bits per heavy atom. The summed E-state index contributed by atoms with van der Waals surface area (Å²) in [5.41, 5.74) is 1.25. The molecule has 2 aromatic carbocycles. The molecule has 1 aliphatic rings. The number of carboxylic acids is 1. The van der Waals surface area contributed by atoms with Crippen molar-refractivity contribution in [3.63, 3.8) is 0 Å². The van der Waals surface area contributed by atoms with Gasteiger partial charge >= 0.3 is 5.97 Å². The van der Waals surface area contributed by atoms with Gasteiger partial charge in [0.25, 0.3) is 0 Å². The summed E-state index contributed by atoms with van der Waals surface area (Å²) in [5.74, 6) is -0.852. The van der Waals surface area contributed by atoms with Crippen molar-refractivity contribution in [3.8, 4) is 0 Å². The van der Waals surface area contributed by atoms with E-state index in [1.165, 1.54) is 0 Å². The third-order valence-corrected chi connectivity index (χ3v) is 3.72. The highest BCUT2D eigenvalue weighted by Gasteiger charge is 2.27. The normalized spacial score (nSPS) is 18.7. The standard InChI is InChI=1S/C15H15NO2/c1-10-6-7-16(10)14-9-12-5-3-2-4-11(12)8-13(14)15(17)18/h2-5,8-10H,6-7H2,1H3,(H,17,18). The van der Waals surface area contributed by atoms with Crippen LogP contribution in [0.3, 0.4) is 0 Å². The van der Waals surface area contributed by atoms with Crippen molar-refractivity contribution in [1.29, 1.82) is 0 Å². The first-order valence-corrected chi connectivity index (χ1v) is 6.19. The highest BCUT2D eigenvalue weighted by molar-refractivity contribution is 6.01. The van der Waals surface area contributed by atoms with Gasteiger partial charge in [-0.3, -0.25) is 0 Å². The lowest BCUT2D eigenvalue weighted by atomic mass is 9.98. The van der Waals surface area contributed by atoms with Crippen LogP contribution in [-0.4, -0.2) is 23.7 Å². The average Bonchev–Trinajstić information content (AvgIpc) is 2.36. The molecule has 0 aromatic heterocycles. The molecule has 18 heavy (non-hydrogen) atoms. The molecular formula is C15H15NO2. The number of aromatic carboxylic acids is 1. The van der Waals surface area contributed by atoms with Gasteiger partial charge in [-0.15, -0.1) is 0 Å². The van der Waals surface area contributed by atoms with Crippen LogP contribution in [0.5, 0.6) is 0 Å². The van der Waals surface area contributed by atoms with Crippen LogP contribution in [-0.2, 0) is 0 Å². The van der Waals surface area contributed by atoms with Crippen molar-refractivity contribution in [3.05, 3.63) is 42.0 Å². The van der Waals surface area contributed by atoms with Gasteiger partial charge in [-0.05, 0) is 36.2 Å². The van der Waals surface area contributed by atoms with Crippen molar-refractivity contribution in [2.45, 2.75) is 19.4 Å². The molecule has 1 unspecified atom stereocenters. The molecule has 3 heteroatoms. The summed E-state index contributed by atoms with van der Waals surface area (Å²) in [7, 11) is 0. The van der Waals surface area contributed by atoms with Crippen LogP contribution in [0.2, 0.25) is 0 Å². The largest absolute Gasteiger partial charge is 0.478 e. The first kappa shape index (κ1) is 11.1. The van der Waals surface area contributed by atoms with E-state index in [2.05, 4.69) is 11.8 Å². The van der Waals surface area contributed by atoms with Crippen LogP contribution in [0, 0.1) is 0 Å². The zero-order chi connectivity index (χ0) is 12.7. The Kier molecular flexibility index (Phi) is 2.47. The first-order chi connectivity index (χ1) is 8.66. The Morgan fingerprint density at radius 3 is 2.44 bits per heavy atom. The monoisotopic (exact) mass is 241 g/mol. The fraction of sp³-hybridized carbons (Fsp3) is 0.267. The number of carboxylic acid groups (broad SMARTS) is 1. The van der Waals surface area contributed by atoms with E-state index < -0.39 is 5.97 Å². The van der Waals surface area contributed by atoms with Crippen molar-refractivity contribution < 1.29 is 9.90 Å². The van der Waals surface area contributed by atoms with Crippen LogP contribution in [0.4, 0.5) is 5.69 Å². The molecule has 1 heterocycles. The fourth-order valence-electron chi connectivity index (χ4n) is 2.51. The molecule has 0 saturated carbocycles. The number of fused-ring (bicyclic) bond motifs is 1. The summed E-state index contributed by atoms with van der Waals surface area (Å²) in [5, 5.41) is 11.4. The molecule has 1 fully saturated rings. The minimum atomic E-state index is -0.852. The number of rotatable bonds is 2. The van der Waals surface area contributed by atoms with Gasteiger partial charge in [-0.1, -0.05) is 24.3 Å². The third kappa shape index (κ3) is 1.63. The minimum Gasteiger partial charge on any atom is -0.478 e. The zero-order valence-corrected chi connectivity index (χ0v) is 10.3. The molecule has 3 rings (SSSR count). The molecule has 1 atom stereocenters. The molecule has 0 aliphatic carbocycles. The Hall–Kier alpha value is -2.03.